The minimum Gasteiger partial charge on any atom is -0.494 e. The Morgan fingerprint density at radius 1 is 1.12 bits per heavy atom. The van der Waals surface area contributed by atoms with Gasteiger partial charge in [0.15, 0.2) is 6.29 Å². The van der Waals surface area contributed by atoms with Crippen molar-refractivity contribution in [1.29, 1.82) is 0 Å². The van der Waals surface area contributed by atoms with E-state index in [1.165, 1.54) is 16.7 Å². The Labute approximate surface area is 241 Å². The standard InChI is InChI=1S/C33H40N4O4/c1-6-24-19-37(18-23-9-7-8-10-29(23)41-24)28-14-13-21-11-12-22(15-27(21)28)26(17-31(38)40-5)25-16-30(39-4)33-32(20(25)2)34-35-36(33)3/h7-12,15-16,24,26,28,31,38H,6,13-14,17-19H2,1-5H3/t24-,26?,28?,31?/m1/s1. The fraction of sp³-hybridized carbons (Fsp3) is 0.455. The highest BCUT2D eigenvalue weighted by Crippen LogP contribution is 2.43. The number of hydrogen-bond donors (Lipinski definition) is 1. The number of rotatable bonds is 8. The van der Waals surface area contributed by atoms with E-state index >= 15 is 0 Å². The second-order valence-electron chi connectivity index (χ2n) is 11.4. The van der Waals surface area contributed by atoms with E-state index in [1.54, 1.807) is 18.9 Å². The molecule has 1 aromatic heterocycles. The van der Waals surface area contributed by atoms with Crippen LogP contribution in [0.1, 0.15) is 71.5 Å². The maximum absolute atomic E-state index is 10.7. The molecule has 2 aliphatic rings. The van der Waals surface area contributed by atoms with E-state index in [9.17, 15) is 5.11 Å². The van der Waals surface area contributed by atoms with Crippen LogP contribution in [-0.2, 0) is 24.8 Å². The lowest BCUT2D eigenvalue weighted by atomic mass is 9.83. The molecule has 0 saturated heterocycles. The first kappa shape index (κ1) is 27.7. The van der Waals surface area contributed by atoms with Crippen LogP contribution in [0.4, 0.5) is 0 Å². The molecule has 3 unspecified atom stereocenters. The predicted octanol–water partition coefficient (Wildman–Crippen LogP) is 5.43. The third-order valence-corrected chi connectivity index (χ3v) is 9.03. The maximum atomic E-state index is 10.7. The van der Waals surface area contributed by atoms with E-state index in [-0.39, 0.29) is 12.0 Å². The van der Waals surface area contributed by atoms with Crippen molar-refractivity contribution >= 4 is 11.0 Å². The van der Waals surface area contributed by atoms with Crippen LogP contribution in [-0.4, -0.2) is 58.2 Å². The van der Waals surface area contributed by atoms with Gasteiger partial charge in [0.05, 0.1) is 7.11 Å². The highest BCUT2D eigenvalue weighted by Gasteiger charge is 2.33. The van der Waals surface area contributed by atoms with Crippen LogP contribution < -0.4 is 9.47 Å². The summed E-state index contributed by atoms with van der Waals surface area (Å²) in [7, 11) is 5.09. The van der Waals surface area contributed by atoms with Gasteiger partial charge in [-0.05, 0) is 66.1 Å². The van der Waals surface area contributed by atoms with Crippen LogP contribution in [0.25, 0.3) is 11.0 Å². The molecule has 0 saturated carbocycles. The summed E-state index contributed by atoms with van der Waals surface area (Å²) >= 11 is 0. The van der Waals surface area contributed by atoms with Crippen molar-refractivity contribution in [3.63, 3.8) is 0 Å². The summed E-state index contributed by atoms with van der Waals surface area (Å²) in [5.74, 6) is 1.61. The summed E-state index contributed by atoms with van der Waals surface area (Å²) in [6.07, 6.45) is 2.77. The van der Waals surface area contributed by atoms with E-state index in [4.69, 9.17) is 14.2 Å². The van der Waals surface area contributed by atoms with Crippen molar-refractivity contribution in [2.75, 3.05) is 20.8 Å². The molecule has 0 amide bonds. The molecule has 216 valence electrons. The van der Waals surface area contributed by atoms with Gasteiger partial charge >= 0.3 is 0 Å². The predicted molar refractivity (Wildman–Crippen MR) is 158 cm³/mol. The van der Waals surface area contributed by atoms with Crippen LogP contribution in [0.2, 0.25) is 0 Å². The van der Waals surface area contributed by atoms with Crippen LogP contribution in [0.3, 0.4) is 0 Å². The summed E-state index contributed by atoms with van der Waals surface area (Å²) in [5, 5.41) is 19.4. The van der Waals surface area contributed by atoms with Crippen LogP contribution in [0.5, 0.6) is 11.5 Å². The number of ether oxygens (including phenoxy) is 3. The molecule has 4 aromatic rings. The number of para-hydroxylation sites is 1. The average molecular weight is 557 g/mol. The molecule has 3 aromatic carbocycles. The van der Waals surface area contributed by atoms with Crippen molar-refractivity contribution in [2.45, 2.75) is 70.4 Å². The van der Waals surface area contributed by atoms with Crippen molar-refractivity contribution in [1.82, 2.24) is 19.9 Å². The molecule has 0 spiro atoms. The van der Waals surface area contributed by atoms with Gasteiger partial charge in [0.2, 0.25) is 0 Å². The molecule has 6 rings (SSSR count). The van der Waals surface area contributed by atoms with E-state index in [1.807, 2.05) is 7.05 Å². The first-order valence-electron chi connectivity index (χ1n) is 14.6. The highest BCUT2D eigenvalue weighted by atomic mass is 16.6. The van der Waals surface area contributed by atoms with Crippen molar-refractivity contribution in [3.05, 3.63) is 81.9 Å². The van der Waals surface area contributed by atoms with Crippen LogP contribution in [0.15, 0.2) is 48.5 Å². The second-order valence-corrected chi connectivity index (χ2v) is 11.4. The smallest absolute Gasteiger partial charge is 0.155 e. The number of nitrogens with zero attached hydrogens (tertiary/aromatic N) is 4. The lowest BCUT2D eigenvalue weighted by molar-refractivity contribution is -0.0802. The Hall–Kier alpha value is -3.46. The average Bonchev–Trinajstić information content (AvgIpc) is 3.54. The first-order valence-corrected chi connectivity index (χ1v) is 14.6. The lowest BCUT2D eigenvalue weighted by Gasteiger charge is -2.31. The Morgan fingerprint density at radius 2 is 1.95 bits per heavy atom. The third-order valence-electron chi connectivity index (χ3n) is 9.03. The topological polar surface area (TPSA) is 81.9 Å². The summed E-state index contributed by atoms with van der Waals surface area (Å²) < 4.78 is 19.3. The number of hydrogen-bond acceptors (Lipinski definition) is 7. The normalized spacial score (nSPS) is 20.2. The van der Waals surface area contributed by atoms with Gasteiger partial charge in [0.25, 0.3) is 0 Å². The second kappa shape index (κ2) is 11.4. The van der Waals surface area contributed by atoms with E-state index in [0.717, 1.165) is 71.6 Å². The van der Waals surface area contributed by atoms with Crippen LogP contribution in [0, 0.1) is 6.92 Å². The molecule has 1 aliphatic heterocycles. The molecule has 0 fully saturated rings. The first-order chi connectivity index (χ1) is 19.9. The molecule has 41 heavy (non-hydrogen) atoms. The molecule has 4 atom stereocenters. The number of fused-ring (bicyclic) bond motifs is 3. The maximum Gasteiger partial charge on any atom is 0.155 e. The molecule has 8 heteroatoms. The summed E-state index contributed by atoms with van der Waals surface area (Å²) in [5.41, 5.74) is 8.94. The quantitative estimate of drug-likeness (QED) is 0.290. The molecule has 8 nitrogen and oxygen atoms in total. The molecule has 1 aliphatic carbocycles. The van der Waals surface area contributed by atoms with Gasteiger partial charge in [-0.3, -0.25) is 4.90 Å². The molecule has 1 N–H and O–H groups in total. The number of methoxy groups -OCH3 is 2. The Bertz CT molecular complexity index is 1550. The van der Waals surface area contributed by atoms with Crippen molar-refractivity contribution in [3.8, 4) is 11.5 Å². The minimum absolute atomic E-state index is 0.117. The summed E-state index contributed by atoms with van der Waals surface area (Å²) in [6, 6.07) is 17.7. The van der Waals surface area contributed by atoms with Crippen molar-refractivity contribution < 1.29 is 19.3 Å². The van der Waals surface area contributed by atoms with E-state index in [0.29, 0.717) is 12.5 Å². The fourth-order valence-electron chi connectivity index (χ4n) is 6.75. The SMILES string of the molecule is CC[C@@H]1CN(C2CCc3ccc(C(CC(O)OC)c4cc(OC)c5c(nnn5C)c4C)cc32)Cc2ccccc2O1. The Morgan fingerprint density at radius 3 is 2.73 bits per heavy atom. The van der Waals surface area contributed by atoms with Gasteiger partial charge in [-0.2, -0.15) is 0 Å². The molecule has 0 radical (unpaired) electrons. The summed E-state index contributed by atoms with van der Waals surface area (Å²) in [4.78, 5) is 2.61. The van der Waals surface area contributed by atoms with E-state index in [2.05, 4.69) is 77.6 Å². The monoisotopic (exact) mass is 556 g/mol. The van der Waals surface area contributed by atoms with Crippen LogP contribution >= 0.6 is 0 Å². The number of benzene rings is 3. The zero-order valence-corrected chi connectivity index (χ0v) is 24.6. The van der Waals surface area contributed by atoms with Crippen molar-refractivity contribution in [2.24, 2.45) is 7.05 Å². The van der Waals surface area contributed by atoms with Gasteiger partial charge in [-0.15, -0.1) is 5.10 Å². The molecular formula is C33H40N4O4. The van der Waals surface area contributed by atoms with E-state index < -0.39 is 6.29 Å². The largest absolute Gasteiger partial charge is 0.494 e. The fourth-order valence-corrected chi connectivity index (χ4v) is 6.75. The van der Waals surface area contributed by atoms with Gasteiger partial charge in [0.1, 0.15) is 28.6 Å². The number of aliphatic hydroxyl groups excluding tert-OH is 1. The number of aliphatic hydroxyl groups is 1. The minimum atomic E-state index is -0.906. The van der Waals surface area contributed by atoms with Gasteiger partial charge in [-0.25, -0.2) is 4.68 Å². The zero-order chi connectivity index (χ0) is 28.7. The third kappa shape index (κ3) is 5.09. The molecule has 0 bridgehead atoms. The molecular weight excluding hydrogens is 516 g/mol. The highest BCUT2D eigenvalue weighted by molar-refractivity contribution is 5.86. The Balaban J connectivity index is 1.41. The zero-order valence-electron chi connectivity index (χ0n) is 24.6. The summed E-state index contributed by atoms with van der Waals surface area (Å²) in [6.45, 7) is 6.04. The van der Waals surface area contributed by atoms with Gasteiger partial charge in [0, 0.05) is 51.2 Å². The van der Waals surface area contributed by atoms with Gasteiger partial charge in [-0.1, -0.05) is 48.5 Å². The lowest BCUT2D eigenvalue weighted by Crippen LogP contribution is -2.34. The Kier molecular flexibility index (Phi) is 7.72. The molecule has 2 heterocycles. The number of aromatic nitrogens is 3. The van der Waals surface area contributed by atoms with Gasteiger partial charge < -0.3 is 19.3 Å². The number of aryl methyl sites for hydroxylation is 3.